The maximum atomic E-state index is 13.4. The molecule has 9 nitrogen and oxygen atoms in total. The van der Waals surface area contributed by atoms with Crippen molar-refractivity contribution in [2.45, 2.75) is 83.4 Å². The molecule has 0 aromatic heterocycles. The quantitative estimate of drug-likeness (QED) is 0.224. The van der Waals surface area contributed by atoms with Crippen molar-refractivity contribution in [3.63, 3.8) is 0 Å². The summed E-state index contributed by atoms with van der Waals surface area (Å²) in [6.07, 6.45) is 1.27. The molecule has 1 aliphatic heterocycles. The highest BCUT2D eigenvalue weighted by Gasteiger charge is 2.78. The predicted octanol–water partition coefficient (Wildman–Crippen LogP) is 5.32. The Hall–Kier alpha value is -3.98. The Morgan fingerprint density at radius 1 is 0.886 bits per heavy atom. The molecule has 1 spiro atoms. The zero-order valence-corrected chi connectivity index (χ0v) is 25.8. The summed E-state index contributed by atoms with van der Waals surface area (Å²) in [6, 6.07) is 17.9. The van der Waals surface area contributed by atoms with Crippen LogP contribution in [0.25, 0.3) is 6.08 Å². The van der Waals surface area contributed by atoms with Gasteiger partial charge in [0.25, 0.3) is 0 Å². The zero-order valence-electron chi connectivity index (χ0n) is 25.8. The van der Waals surface area contributed by atoms with E-state index in [0.29, 0.717) is 24.8 Å². The fourth-order valence-corrected chi connectivity index (χ4v) is 7.61. The van der Waals surface area contributed by atoms with Gasteiger partial charge in [-0.3, -0.25) is 9.59 Å². The van der Waals surface area contributed by atoms with E-state index < -0.39 is 58.8 Å². The van der Waals surface area contributed by atoms with Crippen LogP contribution in [-0.2, 0) is 38.1 Å². The summed E-state index contributed by atoms with van der Waals surface area (Å²) in [7, 11) is 0. The van der Waals surface area contributed by atoms with Crippen molar-refractivity contribution in [3.8, 4) is 0 Å². The summed E-state index contributed by atoms with van der Waals surface area (Å²) >= 11 is 0. The SMILES string of the molecule is CC(=O)OCC12C(OC(=O)C=Cc3ccccc3)CC3CC1(OC3(C)C)C(C)CC(OC(=O)c1ccccc1)C2OC(C)=O. The molecular weight excluding hydrogens is 564 g/mol. The molecular formula is C35H40O9. The third kappa shape index (κ3) is 5.77. The van der Waals surface area contributed by atoms with Crippen molar-refractivity contribution < 1.29 is 42.9 Å². The summed E-state index contributed by atoms with van der Waals surface area (Å²) in [5.41, 5.74) is -1.87. The maximum absolute atomic E-state index is 13.4. The van der Waals surface area contributed by atoms with E-state index >= 15 is 0 Å². The van der Waals surface area contributed by atoms with E-state index in [0.717, 1.165) is 5.56 Å². The number of benzene rings is 2. The molecule has 44 heavy (non-hydrogen) atoms. The summed E-state index contributed by atoms with van der Waals surface area (Å²) in [6.45, 7) is 8.28. The van der Waals surface area contributed by atoms with Crippen LogP contribution in [-0.4, -0.2) is 60.0 Å². The summed E-state index contributed by atoms with van der Waals surface area (Å²) in [5.74, 6) is -2.62. The Balaban J connectivity index is 1.61. The van der Waals surface area contributed by atoms with Crippen LogP contribution in [0.5, 0.6) is 0 Å². The fraction of sp³-hybridized carbons (Fsp3) is 0.486. The minimum Gasteiger partial charge on any atom is -0.465 e. The maximum Gasteiger partial charge on any atom is 0.338 e. The van der Waals surface area contributed by atoms with Gasteiger partial charge in [0.15, 0.2) is 6.10 Å². The molecule has 9 heteroatoms. The van der Waals surface area contributed by atoms with Crippen LogP contribution in [0.2, 0.25) is 0 Å². The molecule has 2 bridgehead atoms. The molecule has 2 aromatic carbocycles. The summed E-state index contributed by atoms with van der Waals surface area (Å²) in [4.78, 5) is 51.9. The summed E-state index contributed by atoms with van der Waals surface area (Å²) in [5, 5.41) is 0. The van der Waals surface area contributed by atoms with Gasteiger partial charge in [-0.15, -0.1) is 0 Å². The van der Waals surface area contributed by atoms with Gasteiger partial charge in [0.2, 0.25) is 0 Å². The number of esters is 4. The van der Waals surface area contributed by atoms with Crippen LogP contribution < -0.4 is 0 Å². The van der Waals surface area contributed by atoms with Gasteiger partial charge in [0, 0.05) is 19.9 Å². The molecule has 5 rings (SSSR count). The first kappa shape index (κ1) is 31.4. The van der Waals surface area contributed by atoms with Crippen LogP contribution in [0.4, 0.5) is 0 Å². The van der Waals surface area contributed by atoms with Gasteiger partial charge in [-0.25, -0.2) is 9.59 Å². The van der Waals surface area contributed by atoms with Gasteiger partial charge in [0.1, 0.15) is 24.2 Å². The number of hydrogen-bond acceptors (Lipinski definition) is 9. The first-order valence-electron chi connectivity index (χ1n) is 15.1. The van der Waals surface area contributed by atoms with Gasteiger partial charge >= 0.3 is 23.9 Å². The minimum absolute atomic E-state index is 0.00676. The lowest BCUT2D eigenvalue weighted by molar-refractivity contribution is -0.298. The van der Waals surface area contributed by atoms with Gasteiger partial charge in [-0.1, -0.05) is 55.5 Å². The van der Waals surface area contributed by atoms with Crippen LogP contribution in [0, 0.1) is 17.3 Å². The van der Waals surface area contributed by atoms with Crippen LogP contribution in [0.1, 0.15) is 69.8 Å². The molecule has 1 heterocycles. The van der Waals surface area contributed by atoms with E-state index in [4.69, 9.17) is 23.7 Å². The molecule has 0 N–H and O–H groups in total. The highest BCUT2D eigenvalue weighted by Crippen LogP contribution is 2.67. The molecule has 0 amide bonds. The first-order valence-corrected chi connectivity index (χ1v) is 15.1. The first-order chi connectivity index (χ1) is 20.9. The smallest absolute Gasteiger partial charge is 0.338 e. The number of carbonyl (C=O) groups is 4. The van der Waals surface area contributed by atoms with E-state index in [2.05, 4.69) is 0 Å². The number of rotatable bonds is 8. The van der Waals surface area contributed by atoms with Crippen LogP contribution in [0.3, 0.4) is 0 Å². The van der Waals surface area contributed by atoms with Crippen molar-refractivity contribution in [1.29, 1.82) is 0 Å². The zero-order chi connectivity index (χ0) is 31.7. The van der Waals surface area contributed by atoms with Crippen molar-refractivity contribution in [1.82, 2.24) is 0 Å². The standard InChI is InChI=1S/C35H40O9/c1-22-18-28(42-32(39)26-14-10-7-11-15-26)31(41-24(3)37)34(21-40-23(2)36)29(19-27-20-35(22,34)44-33(27,4)5)43-30(38)17-16-25-12-8-6-9-13-25/h6-17,22,27-29,31H,18-21H2,1-5H3. The number of fused-ring (bicyclic) bond motifs is 1. The molecule has 2 aromatic rings. The molecule has 3 fully saturated rings. The van der Waals surface area contributed by atoms with Crippen molar-refractivity contribution in [3.05, 3.63) is 77.9 Å². The van der Waals surface area contributed by atoms with Crippen LogP contribution in [0.15, 0.2) is 66.7 Å². The number of carbonyl (C=O) groups excluding carboxylic acids is 4. The number of ether oxygens (including phenoxy) is 5. The van der Waals surface area contributed by atoms with E-state index in [1.54, 1.807) is 36.4 Å². The Morgan fingerprint density at radius 2 is 1.55 bits per heavy atom. The van der Waals surface area contributed by atoms with E-state index in [1.807, 2.05) is 51.1 Å². The molecule has 2 saturated carbocycles. The van der Waals surface area contributed by atoms with Crippen LogP contribution >= 0.6 is 0 Å². The normalized spacial score (nSPS) is 31.9. The van der Waals surface area contributed by atoms with Crippen molar-refractivity contribution in [2.75, 3.05) is 6.61 Å². The molecule has 0 radical (unpaired) electrons. The largest absolute Gasteiger partial charge is 0.465 e. The van der Waals surface area contributed by atoms with E-state index in [9.17, 15) is 19.2 Å². The molecule has 1 saturated heterocycles. The topological polar surface area (TPSA) is 114 Å². The van der Waals surface area contributed by atoms with Crippen molar-refractivity contribution in [2.24, 2.45) is 17.3 Å². The third-order valence-corrected chi connectivity index (χ3v) is 9.61. The second-order valence-electron chi connectivity index (χ2n) is 12.7. The van der Waals surface area contributed by atoms with E-state index in [-0.39, 0.29) is 18.4 Å². The monoisotopic (exact) mass is 604 g/mol. The van der Waals surface area contributed by atoms with Crippen molar-refractivity contribution >= 4 is 30.0 Å². The average Bonchev–Trinajstić information content (AvgIpc) is 3.22. The minimum atomic E-state index is -1.38. The number of hydrogen-bond donors (Lipinski definition) is 0. The highest BCUT2D eigenvalue weighted by molar-refractivity contribution is 5.89. The molecule has 234 valence electrons. The van der Waals surface area contributed by atoms with Gasteiger partial charge < -0.3 is 23.7 Å². The Morgan fingerprint density at radius 3 is 2.18 bits per heavy atom. The van der Waals surface area contributed by atoms with Gasteiger partial charge in [-0.2, -0.15) is 0 Å². The lowest BCUT2D eigenvalue weighted by atomic mass is 9.49. The third-order valence-electron chi connectivity index (χ3n) is 9.61. The molecule has 3 aliphatic rings. The fourth-order valence-electron chi connectivity index (χ4n) is 7.61. The average molecular weight is 605 g/mol. The summed E-state index contributed by atoms with van der Waals surface area (Å²) < 4.78 is 31.1. The molecule has 7 atom stereocenters. The highest BCUT2D eigenvalue weighted by atomic mass is 16.6. The molecule has 7 unspecified atom stereocenters. The van der Waals surface area contributed by atoms with Gasteiger partial charge in [-0.05, 0) is 68.7 Å². The van der Waals surface area contributed by atoms with Gasteiger partial charge in [0.05, 0.1) is 16.8 Å². The molecule has 2 aliphatic carbocycles. The second-order valence-corrected chi connectivity index (χ2v) is 12.7. The lowest BCUT2D eigenvalue weighted by Gasteiger charge is -2.62. The Kier molecular flexibility index (Phi) is 8.71. The van der Waals surface area contributed by atoms with E-state index in [1.165, 1.54) is 19.9 Å². The Labute approximate surface area is 257 Å². The Bertz CT molecular complexity index is 1420. The predicted molar refractivity (Wildman–Crippen MR) is 160 cm³/mol. The second kappa shape index (κ2) is 12.2. The lowest BCUT2D eigenvalue weighted by Crippen LogP contribution is -2.74.